The number of ether oxygens (including phenoxy) is 5. The van der Waals surface area contributed by atoms with Crippen molar-refractivity contribution in [2.75, 3.05) is 56.2 Å². The summed E-state index contributed by atoms with van der Waals surface area (Å²) in [6, 6.07) is 26.8. The van der Waals surface area contributed by atoms with Crippen molar-refractivity contribution in [2.45, 2.75) is 193 Å². The minimum Gasteiger partial charge on any atom is -0.474 e. The lowest BCUT2D eigenvalue weighted by molar-refractivity contribution is -0.122. The van der Waals surface area contributed by atoms with E-state index in [1.807, 2.05) is 73.5 Å². The maximum absolute atomic E-state index is 12.9. The topological polar surface area (TPSA) is 288 Å². The number of ketones is 1. The lowest BCUT2D eigenvalue weighted by Gasteiger charge is -2.35. The number of fused-ring (bicyclic) bond motifs is 9. The average Bonchev–Trinajstić information content (AvgIpc) is 1.65. The lowest BCUT2D eigenvalue weighted by Crippen LogP contribution is -2.43. The zero-order valence-corrected chi connectivity index (χ0v) is 62.8. The number of anilines is 3. The van der Waals surface area contributed by atoms with Gasteiger partial charge < -0.3 is 48.0 Å². The molecule has 0 bridgehead atoms. The van der Waals surface area contributed by atoms with Crippen LogP contribution >= 0.6 is 0 Å². The van der Waals surface area contributed by atoms with Gasteiger partial charge >= 0.3 is 18.3 Å². The molecule has 7 atom stereocenters. The van der Waals surface area contributed by atoms with E-state index in [4.69, 9.17) is 38.6 Å². The van der Waals surface area contributed by atoms with Crippen LogP contribution in [0.5, 0.6) is 5.88 Å². The predicted molar refractivity (Wildman–Crippen MR) is 406 cm³/mol. The second kappa shape index (κ2) is 33.4. The highest BCUT2D eigenvalue weighted by Gasteiger charge is 2.38. The van der Waals surface area contributed by atoms with Crippen LogP contribution in [0.2, 0.25) is 0 Å². The van der Waals surface area contributed by atoms with Crippen LogP contribution in [0, 0.1) is 5.92 Å². The van der Waals surface area contributed by atoms with Crippen LogP contribution in [-0.2, 0) is 86.7 Å². The Morgan fingerprint density at radius 3 is 1.77 bits per heavy atom. The minimum atomic E-state index is -0.386. The second-order valence-corrected chi connectivity index (χ2v) is 28.7. The maximum atomic E-state index is 12.9. The number of carbonyl (C=O) groups is 5. The Morgan fingerprint density at radius 1 is 0.617 bits per heavy atom. The van der Waals surface area contributed by atoms with Gasteiger partial charge in [0.1, 0.15) is 35.6 Å². The van der Waals surface area contributed by atoms with Gasteiger partial charge in [-0.1, -0.05) is 36.8 Å². The number of hydrogen-bond donors (Lipinski definition) is 2. The van der Waals surface area contributed by atoms with E-state index in [1.54, 1.807) is 65.8 Å². The van der Waals surface area contributed by atoms with Crippen molar-refractivity contribution in [2.24, 2.45) is 5.92 Å². The molecule has 5 aliphatic rings. The molecule has 4 amide bonds. The molecular formula is C80H97N17O10. The van der Waals surface area contributed by atoms with E-state index in [2.05, 4.69) is 94.2 Å². The van der Waals surface area contributed by atoms with Crippen LogP contribution in [0.1, 0.15) is 156 Å². The molecule has 1 saturated carbocycles. The zero-order valence-electron chi connectivity index (χ0n) is 62.8. The number of aromatic nitrogens is 12. The molecule has 10 heterocycles. The Bertz CT molecular complexity index is 4810. The fraction of sp³-hybridized carbons (Fsp3) is 0.463. The molecule has 2 N–H and O–H groups in total. The summed E-state index contributed by atoms with van der Waals surface area (Å²) < 4.78 is 35.4. The average molecular weight is 1460 g/mol. The number of nitrogens with zero attached hydrogens (tertiary/aromatic N) is 15. The van der Waals surface area contributed by atoms with Crippen molar-refractivity contribution in [1.82, 2.24) is 69.0 Å². The SMILES string of the molecule is COC(=O)N1c2ccc3c(nc(CCn4cccn4)n3CC(=O)NCc3ncccn3)c2CC[C@@H]1C.COC(=O)N1c2ccc3c(nc(Cc4ccccc4)n3[C@@H]3CCNC[C@@H]3OC)c2CC[C@@H]1C.COC(=O)N1c2ccc3c(nc(Cc4cncc(OC(C)C)n4)n3[C@@H]3CCC[C@@H](C(C)=O)C3)c2CC[C@@H]1C. The highest BCUT2D eigenvalue weighted by atomic mass is 16.6. The summed E-state index contributed by atoms with van der Waals surface area (Å²) in [5.41, 5.74) is 13.5. The Morgan fingerprint density at radius 2 is 1.20 bits per heavy atom. The van der Waals surface area contributed by atoms with Crippen LogP contribution in [0.25, 0.3) is 33.1 Å². The van der Waals surface area contributed by atoms with E-state index >= 15 is 0 Å². The third-order valence-electron chi connectivity index (χ3n) is 21.4. The first-order valence-corrected chi connectivity index (χ1v) is 37.4. The Labute approximate surface area is 622 Å². The fourth-order valence-corrected chi connectivity index (χ4v) is 16.2. The molecule has 15 rings (SSSR count). The van der Waals surface area contributed by atoms with Crippen LogP contribution < -0.4 is 30.1 Å². The molecule has 27 nitrogen and oxygen atoms in total. The van der Waals surface area contributed by atoms with E-state index in [0.29, 0.717) is 31.1 Å². The van der Waals surface area contributed by atoms with E-state index < -0.39 is 0 Å². The molecule has 4 aliphatic heterocycles. The first kappa shape index (κ1) is 74.6. The largest absolute Gasteiger partial charge is 0.474 e. The van der Waals surface area contributed by atoms with Crippen molar-refractivity contribution in [1.29, 1.82) is 0 Å². The molecule has 1 aliphatic carbocycles. The number of nitrogens with one attached hydrogen (secondary N) is 2. The quantitative estimate of drug-likeness (QED) is 0.0801. The summed E-state index contributed by atoms with van der Waals surface area (Å²) in [6.07, 6.45) is 20.9. The van der Waals surface area contributed by atoms with E-state index in [-0.39, 0.29) is 91.4 Å². The number of Topliss-reactive ketones (excluding diaryl/α,β-unsaturated/α-hetero) is 1. The van der Waals surface area contributed by atoms with Gasteiger partial charge in [-0.15, -0.1) is 0 Å². The molecule has 1 saturated heterocycles. The smallest absolute Gasteiger partial charge is 0.414 e. The first-order valence-electron chi connectivity index (χ1n) is 37.4. The van der Waals surface area contributed by atoms with E-state index in [0.717, 1.165) is 180 Å². The highest BCUT2D eigenvalue weighted by Crippen LogP contribution is 2.43. The Kier molecular flexibility index (Phi) is 23.3. The number of aryl methyl sites for hydroxylation is 5. The van der Waals surface area contributed by atoms with Crippen LogP contribution in [0.3, 0.4) is 0 Å². The van der Waals surface area contributed by atoms with Gasteiger partial charge in [-0.2, -0.15) is 5.10 Å². The van der Waals surface area contributed by atoms with Gasteiger partial charge in [-0.25, -0.2) is 44.3 Å². The van der Waals surface area contributed by atoms with Gasteiger partial charge in [0.25, 0.3) is 0 Å². The molecule has 0 spiro atoms. The fourth-order valence-electron chi connectivity index (χ4n) is 16.2. The number of benzene rings is 4. The molecule has 0 radical (unpaired) electrons. The zero-order chi connectivity index (χ0) is 75.0. The van der Waals surface area contributed by atoms with Gasteiger partial charge in [0.15, 0.2) is 0 Å². The number of rotatable bonds is 17. The monoisotopic (exact) mass is 1460 g/mol. The summed E-state index contributed by atoms with van der Waals surface area (Å²) >= 11 is 0. The van der Waals surface area contributed by atoms with Crippen LogP contribution in [0.15, 0.2) is 116 Å². The molecule has 2 fully saturated rings. The summed E-state index contributed by atoms with van der Waals surface area (Å²) in [4.78, 5) is 101. The third kappa shape index (κ3) is 16.1. The van der Waals surface area contributed by atoms with Gasteiger partial charge in [-0.05, 0) is 166 Å². The molecule has 6 aromatic heterocycles. The van der Waals surface area contributed by atoms with E-state index in [9.17, 15) is 24.0 Å². The normalized spacial score (nSPS) is 19.7. The number of piperidine rings is 1. The second-order valence-electron chi connectivity index (χ2n) is 28.7. The highest BCUT2D eigenvalue weighted by molar-refractivity contribution is 5.98. The number of carbonyl (C=O) groups excluding carboxylic acids is 5. The maximum Gasteiger partial charge on any atom is 0.414 e. The van der Waals surface area contributed by atoms with E-state index in [1.165, 1.54) is 26.9 Å². The number of amides is 4. The van der Waals surface area contributed by atoms with Gasteiger partial charge in [0, 0.05) is 111 Å². The minimum absolute atomic E-state index is 0.00143. The summed E-state index contributed by atoms with van der Waals surface area (Å²) in [5.74, 6) is 3.91. The van der Waals surface area contributed by atoms with Crippen molar-refractivity contribution in [3.8, 4) is 5.88 Å². The summed E-state index contributed by atoms with van der Waals surface area (Å²) in [5, 5.41) is 10.6. The van der Waals surface area contributed by atoms with Gasteiger partial charge in [-0.3, -0.25) is 34.0 Å². The van der Waals surface area contributed by atoms with Crippen molar-refractivity contribution >= 4 is 80.1 Å². The lowest BCUT2D eigenvalue weighted by atomic mass is 9.83. The Balaban J connectivity index is 0.000000142. The van der Waals surface area contributed by atoms with Crippen molar-refractivity contribution in [3.63, 3.8) is 0 Å². The molecule has 107 heavy (non-hydrogen) atoms. The first-order chi connectivity index (χ1) is 51.9. The Hall–Kier alpha value is -10.7. The number of methoxy groups -OCH3 is 4. The third-order valence-corrected chi connectivity index (χ3v) is 21.4. The van der Waals surface area contributed by atoms with Gasteiger partial charge in [0.05, 0.1) is 115 Å². The molecular weight excluding hydrogens is 1360 g/mol. The summed E-state index contributed by atoms with van der Waals surface area (Å²) in [7, 11) is 6.04. The summed E-state index contributed by atoms with van der Waals surface area (Å²) in [6.45, 7) is 14.5. The molecule has 10 aromatic rings. The molecule has 4 aromatic carbocycles. The van der Waals surface area contributed by atoms with Gasteiger partial charge in [0.2, 0.25) is 11.8 Å². The predicted octanol–water partition coefficient (Wildman–Crippen LogP) is 12.0. The number of hydrogen-bond acceptors (Lipinski definition) is 19. The van der Waals surface area contributed by atoms with Crippen LogP contribution in [-0.4, -0.2) is 160 Å². The molecule has 562 valence electrons. The van der Waals surface area contributed by atoms with Crippen molar-refractivity contribution < 1.29 is 47.7 Å². The van der Waals surface area contributed by atoms with Crippen molar-refractivity contribution in [3.05, 3.63) is 167 Å². The number of imidazole rings is 3. The molecule has 27 heteroatoms. The standard InChI is InChI=1S/C29H37N5O4.C26H32N4O3.C25H28N8O3/c1-17(2)38-27-16-30-15-21(31-27)14-26-32-28-23-10-9-18(3)33(29(36)37-5)24(23)11-12-25(28)34(26)22-8-6-7-20(13-22)19(4)35;1-17-9-10-19-20(29(17)26(31)33-3)11-12-22-25(19)28-24(15-18-7-5-4-6-8-18)30(22)21-13-14-27-16-23(21)32-2;1-17-5-6-18-19(33(17)25(35)36-2)7-8-20-24(18)30-22(9-14-31-13-4-12-29-31)32(20)16-23(34)28-15-21-26-10-3-11-27-21/h11-12,15-18,20,22H,6-10,13-14H2,1-5H3;4-8,11-12,17,21,23,27H,9-10,13-16H2,1-3H3;3-4,7-8,10-13,17H,5-6,9,14-16H2,1-2H3,(H,28,34)/t18-,20+,22+;17-,21+,23-;17-/m000/s1. The van der Waals surface area contributed by atoms with Crippen LogP contribution in [0.4, 0.5) is 31.4 Å². The molecule has 0 unspecified atom stereocenters.